The van der Waals surface area contributed by atoms with Gasteiger partial charge in [-0.25, -0.2) is 0 Å². The van der Waals surface area contributed by atoms with Gasteiger partial charge in [-0.15, -0.1) is 11.8 Å². The molecule has 0 unspecified atom stereocenters. The summed E-state index contributed by atoms with van der Waals surface area (Å²) in [4.78, 5) is 13.4. The lowest BCUT2D eigenvalue weighted by atomic mass is 10.3. The summed E-state index contributed by atoms with van der Waals surface area (Å²) in [5.74, 6) is -1.26. The minimum Gasteiger partial charge on any atom is -0.490 e. The quantitative estimate of drug-likeness (QED) is 0.703. The summed E-state index contributed by atoms with van der Waals surface area (Å²) in [6.45, 7) is 1.22. The molecule has 0 aromatic heterocycles. The molecule has 1 aliphatic rings. The molecule has 0 spiro atoms. The summed E-state index contributed by atoms with van der Waals surface area (Å²) in [7, 11) is 0. The number of carbonyl (C=O) groups excluding carboxylic acids is 1. The molecule has 26 heavy (non-hydrogen) atoms. The number of ether oxygens (including phenoxy) is 2. The van der Waals surface area contributed by atoms with Gasteiger partial charge in [-0.1, -0.05) is 23.9 Å². The summed E-state index contributed by atoms with van der Waals surface area (Å²) in [6.07, 6.45) is 0.829. The second-order valence-corrected chi connectivity index (χ2v) is 7.45. The average Bonchev–Trinajstić information content (AvgIpc) is 2.86. The molecule has 2 aromatic rings. The number of hydrogen-bond donors (Lipinski definition) is 1. The van der Waals surface area contributed by atoms with Crippen molar-refractivity contribution in [1.29, 1.82) is 0 Å². The maximum absolute atomic E-state index is 12.6. The van der Waals surface area contributed by atoms with Crippen LogP contribution in [0.2, 0.25) is 0 Å². The Labute approximate surface area is 158 Å². The van der Waals surface area contributed by atoms with Crippen molar-refractivity contribution in [2.75, 3.05) is 24.3 Å². The number of amides is 1. The lowest BCUT2D eigenvalue weighted by Crippen LogP contribution is -2.14. The fourth-order valence-electron chi connectivity index (χ4n) is 2.34. The van der Waals surface area contributed by atoms with Crippen molar-refractivity contribution in [2.24, 2.45) is 0 Å². The number of carbonyl (C=O) groups is 1. The molecule has 1 aliphatic heterocycles. The van der Waals surface area contributed by atoms with Crippen LogP contribution in [0.1, 0.15) is 6.42 Å². The van der Waals surface area contributed by atoms with Crippen LogP contribution in [0.3, 0.4) is 0 Å². The number of rotatable bonds is 6. The minimum absolute atomic E-state index is 0.160. The number of benzene rings is 2. The van der Waals surface area contributed by atoms with Gasteiger partial charge in [0.1, 0.15) is 0 Å². The topological polar surface area (TPSA) is 47.6 Å². The zero-order valence-corrected chi connectivity index (χ0v) is 15.4. The van der Waals surface area contributed by atoms with Crippen LogP contribution in [-0.2, 0) is 4.79 Å². The molecule has 0 bridgehead atoms. The fraction of sp³-hybridized carbons (Fsp3) is 0.278. The molecule has 4 nitrogen and oxygen atoms in total. The second kappa shape index (κ2) is 9.14. The van der Waals surface area contributed by atoms with Gasteiger partial charge in [0.05, 0.1) is 24.7 Å². The van der Waals surface area contributed by atoms with E-state index in [1.54, 1.807) is 24.3 Å². The van der Waals surface area contributed by atoms with Gasteiger partial charge in [0.25, 0.3) is 5.76 Å². The molecule has 0 aliphatic carbocycles. The molecule has 2 aromatic carbocycles. The number of halogens is 2. The van der Waals surface area contributed by atoms with Gasteiger partial charge in [0.15, 0.2) is 11.5 Å². The van der Waals surface area contributed by atoms with E-state index in [1.165, 1.54) is 11.8 Å². The smallest absolute Gasteiger partial charge is 0.288 e. The van der Waals surface area contributed by atoms with Gasteiger partial charge in [-0.2, -0.15) is 8.78 Å². The van der Waals surface area contributed by atoms with Crippen LogP contribution in [0.15, 0.2) is 52.3 Å². The van der Waals surface area contributed by atoms with Gasteiger partial charge in [-0.05, 0) is 30.3 Å². The van der Waals surface area contributed by atoms with Crippen molar-refractivity contribution in [3.05, 3.63) is 42.5 Å². The van der Waals surface area contributed by atoms with Gasteiger partial charge >= 0.3 is 0 Å². The number of fused-ring (bicyclic) bond motifs is 1. The number of para-hydroxylation sites is 1. The average molecular weight is 397 g/mol. The Kier molecular flexibility index (Phi) is 6.62. The Morgan fingerprint density at radius 1 is 1.12 bits per heavy atom. The third-order valence-electron chi connectivity index (χ3n) is 3.47. The fourth-order valence-corrected chi connectivity index (χ4v) is 3.66. The van der Waals surface area contributed by atoms with Crippen LogP contribution in [-0.4, -0.2) is 30.6 Å². The summed E-state index contributed by atoms with van der Waals surface area (Å²) in [5.41, 5.74) is 0.391. The first kappa shape index (κ1) is 18.8. The zero-order valence-electron chi connectivity index (χ0n) is 13.7. The van der Waals surface area contributed by atoms with Crippen LogP contribution in [0.25, 0.3) is 0 Å². The van der Waals surface area contributed by atoms with E-state index in [0.29, 0.717) is 47.1 Å². The molecule has 0 saturated heterocycles. The van der Waals surface area contributed by atoms with Crippen LogP contribution < -0.4 is 14.8 Å². The first-order valence-electron chi connectivity index (χ1n) is 7.98. The Morgan fingerprint density at radius 3 is 2.69 bits per heavy atom. The van der Waals surface area contributed by atoms with Crippen LogP contribution in [0.5, 0.6) is 11.5 Å². The highest BCUT2D eigenvalue weighted by atomic mass is 32.2. The van der Waals surface area contributed by atoms with Gasteiger partial charge < -0.3 is 14.8 Å². The van der Waals surface area contributed by atoms with E-state index >= 15 is 0 Å². The summed E-state index contributed by atoms with van der Waals surface area (Å²) in [6, 6.07) is 12.1. The largest absolute Gasteiger partial charge is 0.490 e. The highest BCUT2D eigenvalue weighted by molar-refractivity contribution is 8.00. The number of thioether (sulfide) groups is 2. The van der Waals surface area contributed by atoms with Crippen LogP contribution in [0, 0.1) is 0 Å². The van der Waals surface area contributed by atoms with E-state index in [0.717, 1.165) is 11.3 Å². The Bertz CT molecular complexity index is 774. The normalized spacial score (nSPS) is 13.3. The maximum atomic E-state index is 12.6. The molecule has 0 radical (unpaired) electrons. The molecule has 3 rings (SSSR count). The van der Waals surface area contributed by atoms with Crippen molar-refractivity contribution >= 4 is 35.1 Å². The van der Waals surface area contributed by atoms with Gasteiger partial charge in [0.2, 0.25) is 5.91 Å². The number of anilines is 1. The standard InChI is InChI=1S/C18H17F2NO3S2/c19-18(20)26-16-5-2-1-4-13(16)21-17(22)11-25-12-6-7-14-15(10-12)24-9-3-8-23-14/h1-2,4-7,10,18H,3,8-9,11H2,(H,21,22). The molecule has 1 amide bonds. The van der Waals surface area contributed by atoms with Crippen LogP contribution in [0.4, 0.5) is 14.5 Å². The monoisotopic (exact) mass is 397 g/mol. The van der Waals surface area contributed by atoms with Gasteiger partial charge in [-0.3, -0.25) is 4.79 Å². The molecule has 0 fully saturated rings. The molecule has 1 heterocycles. The van der Waals surface area contributed by atoms with E-state index in [9.17, 15) is 13.6 Å². The lowest BCUT2D eigenvalue weighted by molar-refractivity contribution is -0.113. The Morgan fingerprint density at radius 2 is 1.88 bits per heavy atom. The zero-order chi connectivity index (χ0) is 18.4. The van der Waals surface area contributed by atoms with Crippen LogP contribution >= 0.6 is 23.5 Å². The maximum Gasteiger partial charge on any atom is 0.288 e. The Hall–Kier alpha value is -1.93. The SMILES string of the molecule is O=C(CSc1ccc2c(c1)OCCCO2)Nc1ccccc1SC(F)F. The van der Waals surface area contributed by atoms with Crippen molar-refractivity contribution in [3.8, 4) is 11.5 Å². The van der Waals surface area contributed by atoms with Crippen molar-refractivity contribution in [1.82, 2.24) is 0 Å². The first-order chi connectivity index (χ1) is 12.6. The highest BCUT2D eigenvalue weighted by Crippen LogP contribution is 2.34. The number of alkyl halides is 2. The lowest BCUT2D eigenvalue weighted by Gasteiger charge is -2.11. The van der Waals surface area contributed by atoms with E-state index in [4.69, 9.17) is 9.47 Å². The molecule has 8 heteroatoms. The summed E-state index contributed by atoms with van der Waals surface area (Å²) in [5, 5.41) is 2.69. The highest BCUT2D eigenvalue weighted by Gasteiger charge is 2.14. The molecular formula is C18H17F2NO3S2. The number of nitrogens with one attached hydrogen (secondary N) is 1. The first-order valence-corrected chi connectivity index (χ1v) is 9.84. The van der Waals surface area contributed by atoms with E-state index in [-0.39, 0.29) is 11.7 Å². The molecule has 1 N–H and O–H groups in total. The Balaban J connectivity index is 1.59. The third kappa shape index (κ3) is 5.28. The van der Waals surface area contributed by atoms with Gasteiger partial charge in [0, 0.05) is 16.2 Å². The minimum atomic E-state index is -2.54. The summed E-state index contributed by atoms with van der Waals surface area (Å²) < 4.78 is 36.4. The molecule has 138 valence electrons. The van der Waals surface area contributed by atoms with Crippen molar-refractivity contribution in [3.63, 3.8) is 0 Å². The van der Waals surface area contributed by atoms with E-state index in [2.05, 4.69) is 5.32 Å². The molecule has 0 saturated carbocycles. The van der Waals surface area contributed by atoms with E-state index < -0.39 is 5.76 Å². The molecule has 0 atom stereocenters. The third-order valence-corrected chi connectivity index (χ3v) is 5.25. The van der Waals surface area contributed by atoms with Crippen molar-refractivity contribution in [2.45, 2.75) is 22.0 Å². The molecular weight excluding hydrogens is 380 g/mol. The number of hydrogen-bond acceptors (Lipinski definition) is 5. The van der Waals surface area contributed by atoms with Crippen molar-refractivity contribution < 1.29 is 23.0 Å². The summed E-state index contributed by atoms with van der Waals surface area (Å²) >= 11 is 1.76. The predicted octanol–water partition coefficient (Wildman–Crippen LogP) is 4.89. The van der Waals surface area contributed by atoms with E-state index in [1.807, 2.05) is 18.2 Å². The predicted molar refractivity (Wildman–Crippen MR) is 99.7 cm³/mol. The second-order valence-electron chi connectivity index (χ2n) is 5.37.